The highest BCUT2D eigenvalue weighted by Crippen LogP contribution is 2.59. The molecule has 0 saturated heterocycles. The maximum atomic E-state index is 5.42. The summed E-state index contributed by atoms with van der Waals surface area (Å²) in [4.78, 5) is 16.0. The quantitative estimate of drug-likeness (QED) is 0.130. The third kappa shape index (κ3) is 8.49. The van der Waals surface area contributed by atoms with Crippen molar-refractivity contribution in [2.24, 2.45) is 0 Å². The Balaban J connectivity index is 0.772. The summed E-state index contributed by atoms with van der Waals surface area (Å²) < 4.78 is 2.42. The van der Waals surface area contributed by atoms with Crippen LogP contribution in [0, 0.1) is 0 Å². The van der Waals surface area contributed by atoms with E-state index >= 15 is 0 Å². The van der Waals surface area contributed by atoms with E-state index < -0.39 is 10.8 Å². The van der Waals surface area contributed by atoms with Gasteiger partial charge in [0.05, 0.1) is 21.9 Å². The summed E-state index contributed by atoms with van der Waals surface area (Å²) in [6.45, 7) is 0. The minimum absolute atomic E-state index is 0.516. The Kier molecular flexibility index (Phi) is 12.7. The number of nitrogens with zero attached hydrogens (tertiary/aromatic N) is 4. The fourth-order valence-electron chi connectivity index (χ4n) is 15.6. The summed E-state index contributed by atoms with van der Waals surface area (Å²) in [5, 5.41) is 2.34. The van der Waals surface area contributed by atoms with Crippen LogP contribution in [0.2, 0.25) is 0 Å². The molecule has 0 atom stereocenters. The average Bonchev–Trinajstić information content (AvgIpc) is 1.57. The monoisotopic (exact) mass is 1180 g/mol. The minimum Gasteiger partial charge on any atom is -0.309 e. The second kappa shape index (κ2) is 21.8. The number of para-hydroxylation sites is 1. The van der Waals surface area contributed by atoms with Gasteiger partial charge in [-0.05, 0) is 155 Å². The molecule has 2 aromatic heterocycles. The molecule has 14 aromatic carbocycles. The molecule has 0 aliphatic heterocycles. The molecule has 0 saturated carbocycles. The average molecular weight is 1180 g/mol. The Hall–Kier alpha value is -12.1. The van der Waals surface area contributed by atoms with Crippen molar-refractivity contribution in [3.05, 3.63) is 396 Å². The van der Waals surface area contributed by atoms with Crippen LogP contribution in [0.15, 0.2) is 352 Å². The van der Waals surface area contributed by atoms with Gasteiger partial charge in [-0.2, -0.15) is 0 Å². The molecule has 0 spiro atoms. The van der Waals surface area contributed by atoms with Crippen molar-refractivity contribution < 1.29 is 0 Å². The lowest BCUT2D eigenvalue weighted by molar-refractivity contribution is 0.769. The van der Waals surface area contributed by atoms with Crippen LogP contribution in [0.4, 0.5) is 0 Å². The van der Waals surface area contributed by atoms with Gasteiger partial charge in [0.25, 0.3) is 0 Å². The fraction of sp³-hybridized carbons (Fsp3) is 0.0225. The second-order valence-electron chi connectivity index (χ2n) is 24.5. The maximum Gasteiger partial charge on any atom is 0.164 e. The van der Waals surface area contributed by atoms with Crippen molar-refractivity contribution in [2.75, 3.05) is 0 Å². The zero-order valence-electron chi connectivity index (χ0n) is 50.8. The summed E-state index contributed by atoms with van der Waals surface area (Å²) in [5.41, 5.74) is 26.9. The first-order valence-electron chi connectivity index (χ1n) is 32.0. The SMILES string of the molecule is c1ccc(-c2nc(-c3cccc(-c4ccc5c(c4)C(c4ccccc4)(c4ccccc4)c4ccccc4-5)c3)nc(-c3cccc(-c4cccc5c4c4cc(-c6ccc7c(c6)C(c6ccccc6)(c6ccccc6)c6ccccc6-7)ccc4n5-c4ccccc4)c3)n2)cc1. The lowest BCUT2D eigenvalue weighted by Gasteiger charge is -2.34. The van der Waals surface area contributed by atoms with Gasteiger partial charge >= 0.3 is 0 Å². The Bertz CT molecular complexity index is 5470. The van der Waals surface area contributed by atoms with Crippen LogP contribution < -0.4 is 0 Å². The normalized spacial score (nSPS) is 13.1. The first-order chi connectivity index (χ1) is 46.1. The number of fused-ring (bicyclic) bond motifs is 9. The van der Waals surface area contributed by atoms with E-state index in [0.29, 0.717) is 17.5 Å². The van der Waals surface area contributed by atoms with Gasteiger partial charge in [-0.15, -0.1) is 0 Å². The highest BCUT2D eigenvalue weighted by molar-refractivity contribution is 6.17. The molecule has 93 heavy (non-hydrogen) atoms. The number of benzene rings is 14. The predicted octanol–water partition coefficient (Wildman–Crippen LogP) is 21.7. The smallest absolute Gasteiger partial charge is 0.164 e. The standard InChI is InChI=1S/C89H58N4/c1-7-26-59(27-8-1)85-90-86(65-30-23-28-60(54-65)62-48-51-75-73-42-19-21-45-78(73)88(80(75)57-62,67-32-9-2-10-33-67)68-34-11-3-12-35-68)92-87(91-85)66-31-24-29-64(55-66)72-44-25-47-83-84(72)77-56-61(50-53-82(77)93(83)71-40-17-6-18-41-71)63-49-52-76-74-43-20-22-46-79(74)89(81(76)58-63,69-36-13-4-14-37-69)70-38-15-5-16-39-70/h1-58H. The van der Waals surface area contributed by atoms with Gasteiger partial charge in [-0.3, -0.25) is 0 Å². The number of hydrogen-bond acceptors (Lipinski definition) is 3. The molecular formula is C89H58N4. The van der Waals surface area contributed by atoms with E-state index in [4.69, 9.17) is 15.0 Å². The summed E-state index contributed by atoms with van der Waals surface area (Å²) in [5.74, 6) is 1.81. The molecule has 2 aliphatic rings. The second-order valence-corrected chi connectivity index (χ2v) is 24.5. The molecule has 4 heteroatoms. The van der Waals surface area contributed by atoms with Gasteiger partial charge in [0, 0.05) is 33.2 Å². The van der Waals surface area contributed by atoms with E-state index in [1.807, 2.05) is 18.2 Å². The van der Waals surface area contributed by atoms with Crippen molar-refractivity contribution in [1.29, 1.82) is 0 Å². The molecule has 0 amide bonds. The minimum atomic E-state index is -0.519. The molecule has 18 rings (SSSR count). The van der Waals surface area contributed by atoms with Gasteiger partial charge in [-0.1, -0.05) is 297 Å². The fourth-order valence-corrected chi connectivity index (χ4v) is 15.6. The lowest BCUT2D eigenvalue weighted by atomic mass is 9.67. The highest BCUT2D eigenvalue weighted by Gasteiger charge is 2.47. The Morgan fingerprint density at radius 2 is 0.570 bits per heavy atom. The summed E-state index contributed by atoms with van der Waals surface area (Å²) in [6.07, 6.45) is 0. The van der Waals surface area contributed by atoms with E-state index in [1.54, 1.807) is 0 Å². The Morgan fingerprint density at radius 1 is 0.215 bits per heavy atom. The Labute approximate surface area is 540 Å². The highest BCUT2D eigenvalue weighted by atomic mass is 15.0. The van der Waals surface area contributed by atoms with Crippen molar-refractivity contribution in [2.45, 2.75) is 10.8 Å². The molecule has 434 valence electrons. The third-order valence-corrected chi connectivity index (χ3v) is 19.6. The number of aromatic nitrogens is 4. The zero-order chi connectivity index (χ0) is 61.5. The molecule has 0 radical (unpaired) electrons. The van der Waals surface area contributed by atoms with Crippen LogP contribution in [0.25, 0.3) is 117 Å². The summed E-state index contributed by atoms with van der Waals surface area (Å²) >= 11 is 0. The van der Waals surface area contributed by atoms with Gasteiger partial charge in [-0.25, -0.2) is 15.0 Å². The maximum absolute atomic E-state index is 5.42. The van der Waals surface area contributed by atoms with E-state index in [0.717, 1.165) is 66.8 Å². The van der Waals surface area contributed by atoms with E-state index in [-0.39, 0.29) is 0 Å². The first kappa shape index (κ1) is 53.9. The van der Waals surface area contributed by atoms with Gasteiger partial charge < -0.3 is 4.57 Å². The van der Waals surface area contributed by atoms with Crippen molar-refractivity contribution >= 4 is 21.8 Å². The van der Waals surface area contributed by atoms with E-state index in [9.17, 15) is 0 Å². The van der Waals surface area contributed by atoms with Crippen LogP contribution in [0.1, 0.15) is 44.5 Å². The molecule has 16 aromatic rings. The molecule has 0 bridgehead atoms. The topological polar surface area (TPSA) is 43.6 Å². The summed E-state index contributed by atoms with van der Waals surface area (Å²) in [7, 11) is 0. The van der Waals surface area contributed by atoms with Crippen molar-refractivity contribution in [1.82, 2.24) is 19.5 Å². The molecule has 0 fully saturated rings. The van der Waals surface area contributed by atoms with Crippen LogP contribution in [0.3, 0.4) is 0 Å². The number of rotatable bonds is 11. The first-order valence-corrected chi connectivity index (χ1v) is 32.0. The summed E-state index contributed by atoms with van der Waals surface area (Å²) in [6, 6.07) is 128. The zero-order valence-corrected chi connectivity index (χ0v) is 50.8. The predicted molar refractivity (Wildman–Crippen MR) is 381 cm³/mol. The van der Waals surface area contributed by atoms with Crippen LogP contribution in [-0.2, 0) is 10.8 Å². The molecule has 4 nitrogen and oxygen atoms in total. The van der Waals surface area contributed by atoms with Crippen molar-refractivity contribution in [3.8, 4) is 95.5 Å². The number of hydrogen-bond donors (Lipinski definition) is 0. The van der Waals surface area contributed by atoms with Gasteiger partial charge in [0.2, 0.25) is 0 Å². The van der Waals surface area contributed by atoms with Crippen molar-refractivity contribution in [3.63, 3.8) is 0 Å². The van der Waals surface area contributed by atoms with Crippen LogP contribution in [0.5, 0.6) is 0 Å². The van der Waals surface area contributed by atoms with Crippen LogP contribution >= 0.6 is 0 Å². The van der Waals surface area contributed by atoms with Gasteiger partial charge in [0.15, 0.2) is 17.5 Å². The molecule has 2 heterocycles. The molecule has 0 N–H and O–H groups in total. The largest absolute Gasteiger partial charge is 0.309 e. The molecular weight excluding hydrogens is 1130 g/mol. The third-order valence-electron chi connectivity index (χ3n) is 19.6. The lowest BCUT2D eigenvalue weighted by Crippen LogP contribution is -2.28. The van der Waals surface area contributed by atoms with E-state index in [2.05, 4.69) is 338 Å². The van der Waals surface area contributed by atoms with E-state index in [1.165, 1.54) is 77.5 Å². The van der Waals surface area contributed by atoms with Gasteiger partial charge in [0.1, 0.15) is 0 Å². The molecule has 2 aliphatic carbocycles. The van der Waals surface area contributed by atoms with Crippen LogP contribution in [-0.4, -0.2) is 19.5 Å². The molecule has 0 unspecified atom stereocenters. The Morgan fingerprint density at radius 3 is 1.09 bits per heavy atom.